The van der Waals surface area contributed by atoms with E-state index in [0.29, 0.717) is 42.3 Å². The van der Waals surface area contributed by atoms with Crippen LogP contribution in [0.25, 0.3) is 16.8 Å². The number of aromatic nitrogens is 3. The number of pyridine rings is 1. The summed E-state index contributed by atoms with van der Waals surface area (Å²) in [6.07, 6.45) is 6.24. The predicted octanol–water partition coefficient (Wildman–Crippen LogP) is 2.38. The summed E-state index contributed by atoms with van der Waals surface area (Å²) in [6, 6.07) is 3.84. The molecule has 2 aromatic rings. The third-order valence-corrected chi connectivity index (χ3v) is 5.88. The maximum Gasteiger partial charge on any atom is 0.330 e. The minimum Gasteiger partial charge on any atom is -0.321 e. The topological polar surface area (TPSA) is 91.9 Å². The van der Waals surface area contributed by atoms with Gasteiger partial charge in [-0.05, 0) is 18.9 Å². The standard InChI is InChI=1S/C20H15N5O2/c21-7-10-8-24(9-10)20(27)25-17-16(23-19(25)11-1-2-11)12-5-6-22-14-4-3-13(15(12)14)18(17)26/h3,5-6,10-11H,1-2,4,8-9H2. The van der Waals surface area contributed by atoms with Gasteiger partial charge in [0.05, 0.1) is 17.7 Å². The number of nitriles is 1. The summed E-state index contributed by atoms with van der Waals surface area (Å²) in [5.41, 5.74) is 4.28. The normalized spacial score (nSPS) is 19.9. The third-order valence-electron chi connectivity index (χ3n) is 5.88. The summed E-state index contributed by atoms with van der Waals surface area (Å²) in [5, 5.41) is 9.01. The molecule has 0 aromatic carbocycles. The van der Waals surface area contributed by atoms with E-state index >= 15 is 0 Å². The zero-order valence-electron chi connectivity index (χ0n) is 14.5. The quantitative estimate of drug-likeness (QED) is 0.781. The smallest absolute Gasteiger partial charge is 0.321 e. The Kier molecular flexibility index (Phi) is 2.70. The predicted molar refractivity (Wildman–Crippen MR) is 94.9 cm³/mol. The van der Waals surface area contributed by atoms with Crippen molar-refractivity contribution in [2.45, 2.75) is 25.2 Å². The van der Waals surface area contributed by atoms with Crippen molar-refractivity contribution in [3.05, 3.63) is 41.1 Å². The number of carbonyl (C=O) groups is 2. The fraction of sp³-hybridized carbons (Fsp3) is 0.350. The van der Waals surface area contributed by atoms with E-state index in [1.165, 1.54) is 4.57 Å². The molecule has 1 aliphatic heterocycles. The lowest BCUT2D eigenvalue weighted by molar-refractivity contribution is 0.104. The van der Waals surface area contributed by atoms with Gasteiger partial charge in [-0.3, -0.25) is 9.78 Å². The number of imidazole rings is 1. The maximum absolute atomic E-state index is 13.3. The van der Waals surface area contributed by atoms with Gasteiger partial charge < -0.3 is 4.90 Å². The van der Waals surface area contributed by atoms with E-state index in [-0.39, 0.29) is 23.7 Å². The first-order chi connectivity index (χ1) is 13.2. The molecular formula is C20H15N5O2. The van der Waals surface area contributed by atoms with Crippen LogP contribution < -0.4 is 0 Å². The first-order valence-corrected chi connectivity index (χ1v) is 9.22. The van der Waals surface area contributed by atoms with Crippen molar-refractivity contribution < 1.29 is 9.59 Å². The molecule has 7 heteroatoms. The number of allylic oxidation sites excluding steroid dienone is 2. The number of likely N-dealkylation sites (tertiary alicyclic amines) is 1. The summed E-state index contributed by atoms with van der Waals surface area (Å²) >= 11 is 0. The van der Waals surface area contributed by atoms with Crippen molar-refractivity contribution in [1.82, 2.24) is 19.4 Å². The zero-order valence-corrected chi connectivity index (χ0v) is 14.5. The Morgan fingerprint density at radius 1 is 1.30 bits per heavy atom. The molecule has 7 nitrogen and oxygen atoms in total. The largest absolute Gasteiger partial charge is 0.330 e. The summed E-state index contributed by atoms with van der Waals surface area (Å²) < 4.78 is 1.53. The van der Waals surface area contributed by atoms with Gasteiger partial charge in [-0.25, -0.2) is 14.3 Å². The second kappa shape index (κ2) is 4.92. The Morgan fingerprint density at radius 3 is 2.85 bits per heavy atom. The van der Waals surface area contributed by atoms with Gasteiger partial charge in [-0.2, -0.15) is 5.26 Å². The monoisotopic (exact) mass is 357 g/mol. The SMILES string of the molecule is N#CC1CN(C(=O)n2c(C3CC3)nc3c2C(=O)C2=CCc4nccc-3c42)C1. The van der Waals surface area contributed by atoms with Gasteiger partial charge in [0.1, 0.15) is 17.2 Å². The number of amides is 1. The molecule has 3 aliphatic carbocycles. The van der Waals surface area contributed by atoms with Crippen molar-refractivity contribution in [3.8, 4) is 17.3 Å². The summed E-state index contributed by atoms with van der Waals surface area (Å²) in [6.45, 7) is 0.821. The molecule has 0 atom stereocenters. The second-order valence-corrected chi connectivity index (χ2v) is 7.62. The van der Waals surface area contributed by atoms with E-state index in [1.807, 2.05) is 12.1 Å². The first kappa shape index (κ1) is 14.9. The molecule has 27 heavy (non-hydrogen) atoms. The average molecular weight is 357 g/mol. The number of fused-ring (bicyclic) bond motifs is 2. The van der Waals surface area contributed by atoms with Gasteiger partial charge >= 0.3 is 6.03 Å². The molecule has 3 heterocycles. The van der Waals surface area contributed by atoms with E-state index in [1.54, 1.807) is 11.1 Å². The van der Waals surface area contributed by atoms with Crippen molar-refractivity contribution >= 4 is 17.4 Å². The molecule has 1 amide bonds. The van der Waals surface area contributed by atoms with Crippen molar-refractivity contribution in [2.75, 3.05) is 13.1 Å². The molecule has 4 aliphatic rings. The summed E-state index contributed by atoms with van der Waals surface area (Å²) in [5.74, 6) is 0.639. The molecule has 1 saturated carbocycles. The van der Waals surface area contributed by atoms with Crippen LogP contribution in [0.1, 0.15) is 46.3 Å². The van der Waals surface area contributed by atoms with Gasteiger partial charge in [0, 0.05) is 48.3 Å². The average Bonchev–Trinajstić information content (AvgIpc) is 3.25. The maximum atomic E-state index is 13.3. The highest BCUT2D eigenvalue weighted by Crippen LogP contribution is 2.47. The van der Waals surface area contributed by atoms with E-state index in [0.717, 1.165) is 29.7 Å². The number of nitrogens with zero attached hydrogens (tertiary/aromatic N) is 5. The number of Topliss-reactive ketones (excluding diaryl/α,β-unsaturated/α-hetero) is 1. The Morgan fingerprint density at radius 2 is 2.11 bits per heavy atom. The van der Waals surface area contributed by atoms with Crippen LogP contribution in [-0.2, 0) is 6.42 Å². The summed E-state index contributed by atoms with van der Waals surface area (Å²) in [7, 11) is 0. The van der Waals surface area contributed by atoms with Crippen LogP contribution in [0.15, 0.2) is 18.3 Å². The van der Waals surface area contributed by atoms with Gasteiger partial charge in [0.2, 0.25) is 5.78 Å². The molecular weight excluding hydrogens is 342 g/mol. The number of carbonyl (C=O) groups excluding carboxylic acids is 2. The van der Waals surface area contributed by atoms with Gasteiger partial charge in [-0.1, -0.05) is 6.08 Å². The second-order valence-electron chi connectivity index (χ2n) is 7.62. The molecule has 6 rings (SSSR count). The Labute approximate surface area is 154 Å². The number of ketones is 1. The van der Waals surface area contributed by atoms with E-state index in [4.69, 9.17) is 10.2 Å². The third kappa shape index (κ3) is 1.85. The van der Waals surface area contributed by atoms with Crippen LogP contribution in [-0.4, -0.2) is 44.3 Å². The fourth-order valence-electron chi connectivity index (χ4n) is 4.29. The first-order valence-electron chi connectivity index (χ1n) is 9.22. The molecule has 0 spiro atoms. The molecule has 0 N–H and O–H groups in total. The summed E-state index contributed by atoms with van der Waals surface area (Å²) in [4.78, 5) is 37.3. The lowest BCUT2D eigenvalue weighted by Crippen LogP contribution is -2.51. The van der Waals surface area contributed by atoms with Crippen LogP contribution in [0.2, 0.25) is 0 Å². The van der Waals surface area contributed by atoms with Crippen LogP contribution in [0, 0.1) is 17.2 Å². The van der Waals surface area contributed by atoms with Crippen molar-refractivity contribution in [1.29, 1.82) is 5.26 Å². The van der Waals surface area contributed by atoms with Crippen LogP contribution in [0.5, 0.6) is 0 Å². The molecule has 0 radical (unpaired) electrons. The van der Waals surface area contributed by atoms with E-state index < -0.39 is 0 Å². The lowest BCUT2D eigenvalue weighted by atomic mass is 9.89. The molecule has 0 bridgehead atoms. The minimum atomic E-state index is -0.234. The van der Waals surface area contributed by atoms with Crippen LogP contribution in [0.3, 0.4) is 0 Å². The molecule has 132 valence electrons. The lowest BCUT2D eigenvalue weighted by Gasteiger charge is -2.35. The fourth-order valence-corrected chi connectivity index (χ4v) is 4.29. The molecule has 0 unspecified atom stereocenters. The highest BCUT2D eigenvalue weighted by Gasteiger charge is 2.43. The molecule has 2 aromatic heterocycles. The number of rotatable bonds is 1. The Hall–Kier alpha value is -3.27. The highest BCUT2D eigenvalue weighted by atomic mass is 16.2. The van der Waals surface area contributed by atoms with E-state index in [9.17, 15) is 9.59 Å². The molecule has 2 fully saturated rings. The minimum absolute atomic E-state index is 0.125. The van der Waals surface area contributed by atoms with Gasteiger partial charge in [-0.15, -0.1) is 0 Å². The highest BCUT2D eigenvalue weighted by molar-refractivity contribution is 6.35. The molecule has 1 saturated heterocycles. The Balaban J connectivity index is 1.56. The van der Waals surface area contributed by atoms with Crippen LogP contribution in [0.4, 0.5) is 4.79 Å². The number of hydrogen-bond donors (Lipinski definition) is 0. The van der Waals surface area contributed by atoms with Crippen molar-refractivity contribution in [2.24, 2.45) is 5.92 Å². The van der Waals surface area contributed by atoms with Crippen LogP contribution >= 0.6 is 0 Å². The van der Waals surface area contributed by atoms with Gasteiger partial charge in [0.15, 0.2) is 0 Å². The van der Waals surface area contributed by atoms with Gasteiger partial charge in [0.25, 0.3) is 0 Å². The zero-order chi connectivity index (χ0) is 18.3. The Bertz CT molecular complexity index is 1130. The van der Waals surface area contributed by atoms with Crippen molar-refractivity contribution in [3.63, 3.8) is 0 Å². The van der Waals surface area contributed by atoms with E-state index in [2.05, 4.69) is 11.1 Å². The number of hydrogen-bond acceptors (Lipinski definition) is 5.